The smallest absolute Gasteiger partial charge is 0.113 e. The topological polar surface area (TPSA) is 36.7 Å². The van der Waals surface area contributed by atoms with E-state index in [4.69, 9.17) is 0 Å². The molecule has 0 bridgehead atoms. The second-order valence-electron chi connectivity index (χ2n) is 4.06. The van der Waals surface area contributed by atoms with Crippen LogP contribution in [0.2, 0.25) is 0 Å². The van der Waals surface area contributed by atoms with Gasteiger partial charge in [0, 0.05) is 4.88 Å². The molecule has 0 aromatic carbocycles. The first kappa shape index (κ1) is 9.67. The lowest BCUT2D eigenvalue weighted by molar-refractivity contribution is 0.568. The average molecular weight is 206 g/mol. The van der Waals surface area contributed by atoms with Crippen molar-refractivity contribution in [2.75, 3.05) is 0 Å². The van der Waals surface area contributed by atoms with E-state index in [9.17, 15) is 5.26 Å². The van der Waals surface area contributed by atoms with Crippen molar-refractivity contribution in [3.05, 3.63) is 15.6 Å². The normalized spacial score (nSPS) is 19.5. The van der Waals surface area contributed by atoms with Gasteiger partial charge in [-0.3, -0.25) is 0 Å². The van der Waals surface area contributed by atoms with Crippen LogP contribution in [-0.2, 0) is 5.41 Å². The summed E-state index contributed by atoms with van der Waals surface area (Å²) in [4.78, 5) is 5.78. The van der Waals surface area contributed by atoms with Gasteiger partial charge in [0.15, 0.2) is 0 Å². The molecule has 0 atom stereocenters. The molecule has 2 rings (SSSR count). The van der Waals surface area contributed by atoms with E-state index in [0.717, 1.165) is 23.5 Å². The zero-order valence-corrected chi connectivity index (χ0v) is 9.45. The lowest BCUT2D eigenvalue weighted by Gasteiger charge is -2.15. The Bertz CT molecular complexity index is 361. The number of hydrogen-bond donors (Lipinski definition) is 0. The minimum absolute atomic E-state index is 0.246. The fourth-order valence-electron chi connectivity index (χ4n) is 2.03. The third kappa shape index (κ3) is 1.34. The third-order valence-electron chi connectivity index (χ3n) is 3.11. The number of hydrogen-bond acceptors (Lipinski definition) is 3. The van der Waals surface area contributed by atoms with Gasteiger partial charge in [0.2, 0.25) is 0 Å². The molecule has 3 heteroatoms. The van der Waals surface area contributed by atoms with Gasteiger partial charge in [-0.1, -0.05) is 12.8 Å². The van der Waals surface area contributed by atoms with Crippen LogP contribution in [0.15, 0.2) is 0 Å². The number of nitriles is 1. The Hall–Kier alpha value is -0.880. The summed E-state index contributed by atoms with van der Waals surface area (Å²) in [5, 5.41) is 10.3. The van der Waals surface area contributed by atoms with Crippen molar-refractivity contribution in [3.63, 3.8) is 0 Å². The van der Waals surface area contributed by atoms with Crippen molar-refractivity contribution < 1.29 is 0 Å². The van der Waals surface area contributed by atoms with Gasteiger partial charge < -0.3 is 0 Å². The van der Waals surface area contributed by atoms with E-state index in [1.807, 2.05) is 6.92 Å². The summed E-state index contributed by atoms with van der Waals surface area (Å²) in [7, 11) is 0. The van der Waals surface area contributed by atoms with Crippen molar-refractivity contribution in [3.8, 4) is 6.07 Å². The summed E-state index contributed by atoms with van der Waals surface area (Å²) < 4.78 is 0. The highest BCUT2D eigenvalue weighted by molar-refractivity contribution is 7.11. The van der Waals surface area contributed by atoms with E-state index in [1.165, 1.54) is 17.7 Å². The Morgan fingerprint density at radius 2 is 2.00 bits per heavy atom. The van der Waals surface area contributed by atoms with Crippen LogP contribution in [0.3, 0.4) is 0 Å². The second kappa shape index (κ2) is 3.36. The van der Waals surface area contributed by atoms with Crippen LogP contribution in [0.25, 0.3) is 0 Å². The van der Waals surface area contributed by atoms with Crippen LogP contribution >= 0.6 is 11.3 Å². The molecule has 1 aromatic rings. The zero-order valence-electron chi connectivity index (χ0n) is 8.63. The Labute approximate surface area is 88.6 Å². The van der Waals surface area contributed by atoms with Crippen molar-refractivity contribution in [1.29, 1.82) is 5.26 Å². The summed E-state index contributed by atoms with van der Waals surface area (Å²) in [5.74, 6) is 0. The molecule has 1 fully saturated rings. The van der Waals surface area contributed by atoms with Crippen LogP contribution < -0.4 is 0 Å². The molecule has 1 heterocycles. The monoisotopic (exact) mass is 206 g/mol. The van der Waals surface area contributed by atoms with E-state index < -0.39 is 0 Å². The summed E-state index contributed by atoms with van der Waals surface area (Å²) in [6, 6.07) is 2.48. The highest BCUT2D eigenvalue weighted by Crippen LogP contribution is 2.42. The van der Waals surface area contributed by atoms with Crippen LogP contribution in [0.1, 0.15) is 41.3 Å². The molecule has 1 aliphatic rings. The molecular formula is C11H14N2S. The van der Waals surface area contributed by atoms with Gasteiger partial charge in [0.25, 0.3) is 0 Å². The van der Waals surface area contributed by atoms with Gasteiger partial charge in [-0.15, -0.1) is 11.3 Å². The van der Waals surface area contributed by atoms with Crippen LogP contribution in [-0.4, -0.2) is 4.98 Å². The Balaban J connectivity index is 2.42. The van der Waals surface area contributed by atoms with Crippen molar-refractivity contribution in [2.45, 2.75) is 44.9 Å². The van der Waals surface area contributed by atoms with Crippen molar-refractivity contribution >= 4 is 11.3 Å². The molecular weight excluding hydrogens is 192 g/mol. The molecule has 0 amide bonds. The highest BCUT2D eigenvalue weighted by Gasteiger charge is 2.38. The van der Waals surface area contributed by atoms with Crippen LogP contribution in [0, 0.1) is 25.2 Å². The summed E-state index contributed by atoms with van der Waals surface area (Å²) in [6.45, 7) is 4.10. The molecule has 1 aromatic heterocycles. The lowest BCUT2D eigenvalue weighted by Crippen LogP contribution is -2.18. The molecule has 1 saturated carbocycles. The average Bonchev–Trinajstić information content (AvgIpc) is 2.75. The van der Waals surface area contributed by atoms with Crippen molar-refractivity contribution in [2.24, 2.45) is 0 Å². The predicted octanol–water partition coefficient (Wildman–Crippen LogP) is 3.10. The first-order chi connectivity index (χ1) is 6.68. The number of thiazole rings is 1. The minimum Gasteiger partial charge on any atom is -0.245 e. The van der Waals surface area contributed by atoms with Gasteiger partial charge in [0.05, 0.1) is 11.8 Å². The summed E-state index contributed by atoms with van der Waals surface area (Å²) >= 11 is 1.70. The minimum atomic E-state index is -0.246. The first-order valence-corrected chi connectivity index (χ1v) is 5.85. The second-order valence-corrected chi connectivity index (χ2v) is 5.26. The Morgan fingerprint density at radius 1 is 1.36 bits per heavy atom. The molecule has 14 heavy (non-hydrogen) atoms. The van der Waals surface area contributed by atoms with E-state index >= 15 is 0 Å². The fraction of sp³-hybridized carbons (Fsp3) is 0.636. The van der Waals surface area contributed by atoms with E-state index in [1.54, 1.807) is 11.3 Å². The van der Waals surface area contributed by atoms with Crippen LogP contribution in [0.4, 0.5) is 0 Å². The van der Waals surface area contributed by atoms with Gasteiger partial charge in [-0.2, -0.15) is 5.26 Å². The summed E-state index contributed by atoms with van der Waals surface area (Å²) in [6.07, 6.45) is 4.34. The van der Waals surface area contributed by atoms with E-state index in [2.05, 4.69) is 18.0 Å². The predicted molar refractivity (Wildman–Crippen MR) is 57.3 cm³/mol. The molecule has 0 spiro atoms. The molecule has 0 aliphatic heterocycles. The molecule has 74 valence electrons. The van der Waals surface area contributed by atoms with Crippen molar-refractivity contribution in [1.82, 2.24) is 4.98 Å². The quantitative estimate of drug-likeness (QED) is 0.708. The van der Waals surface area contributed by atoms with Gasteiger partial charge in [0.1, 0.15) is 10.4 Å². The molecule has 0 N–H and O–H groups in total. The third-order valence-corrected chi connectivity index (χ3v) is 4.39. The van der Waals surface area contributed by atoms with Gasteiger partial charge in [-0.25, -0.2) is 4.98 Å². The van der Waals surface area contributed by atoms with Gasteiger partial charge in [-0.05, 0) is 26.7 Å². The summed E-state index contributed by atoms with van der Waals surface area (Å²) in [5.41, 5.74) is 0.843. The number of aromatic nitrogens is 1. The number of aryl methyl sites for hydroxylation is 2. The molecule has 2 nitrogen and oxygen atoms in total. The number of nitrogens with zero attached hydrogens (tertiary/aromatic N) is 2. The standard InChI is InChI=1S/C11H14N2S/c1-8-9(2)14-10(13-8)11(7-12)5-3-4-6-11/h3-6H2,1-2H3. The molecule has 0 unspecified atom stereocenters. The molecule has 0 radical (unpaired) electrons. The Kier molecular flexibility index (Phi) is 2.32. The SMILES string of the molecule is Cc1nc(C2(C#N)CCCC2)sc1C. The largest absolute Gasteiger partial charge is 0.245 e. The number of rotatable bonds is 1. The Morgan fingerprint density at radius 3 is 2.43 bits per heavy atom. The van der Waals surface area contributed by atoms with Gasteiger partial charge >= 0.3 is 0 Å². The maximum Gasteiger partial charge on any atom is 0.113 e. The molecule has 1 aliphatic carbocycles. The first-order valence-electron chi connectivity index (χ1n) is 5.04. The molecule has 0 saturated heterocycles. The fourth-order valence-corrected chi connectivity index (χ4v) is 3.14. The van der Waals surface area contributed by atoms with E-state index in [0.29, 0.717) is 0 Å². The zero-order chi connectivity index (χ0) is 10.2. The van der Waals surface area contributed by atoms with Crippen LogP contribution in [0.5, 0.6) is 0 Å². The maximum absolute atomic E-state index is 9.29. The highest BCUT2D eigenvalue weighted by atomic mass is 32.1. The lowest BCUT2D eigenvalue weighted by atomic mass is 9.89. The van der Waals surface area contributed by atoms with E-state index in [-0.39, 0.29) is 5.41 Å². The maximum atomic E-state index is 9.29.